The molecule has 4 heteroatoms. The van der Waals surface area contributed by atoms with Crippen molar-refractivity contribution in [2.24, 2.45) is 0 Å². The van der Waals surface area contributed by atoms with E-state index in [1.807, 2.05) is 13.0 Å². The van der Waals surface area contributed by atoms with Gasteiger partial charge in [-0.2, -0.15) is 0 Å². The highest BCUT2D eigenvalue weighted by atomic mass is 16.5. The van der Waals surface area contributed by atoms with Crippen molar-refractivity contribution in [2.75, 3.05) is 13.2 Å². The molecule has 86 valence electrons. The minimum atomic E-state index is -0.959. The predicted octanol–water partition coefficient (Wildman–Crippen LogP) is 1.03. The van der Waals surface area contributed by atoms with E-state index in [4.69, 9.17) is 9.84 Å². The first-order valence-electron chi connectivity index (χ1n) is 5.14. The SMILES string of the molecule is CC1(c2cccc(C(=O)O)c2)COCC1O. The number of carboxylic acids is 1. The van der Waals surface area contributed by atoms with Crippen LogP contribution in [0.3, 0.4) is 0 Å². The molecule has 16 heavy (non-hydrogen) atoms. The van der Waals surface area contributed by atoms with Crippen LogP contribution in [0.15, 0.2) is 24.3 Å². The summed E-state index contributed by atoms with van der Waals surface area (Å²) in [6.07, 6.45) is -0.587. The highest BCUT2D eigenvalue weighted by Crippen LogP contribution is 2.33. The second-order valence-corrected chi connectivity index (χ2v) is 4.33. The number of hydrogen-bond acceptors (Lipinski definition) is 3. The zero-order chi connectivity index (χ0) is 11.8. The van der Waals surface area contributed by atoms with Gasteiger partial charge in [0.25, 0.3) is 0 Å². The van der Waals surface area contributed by atoms with Crippen LogP contribution in [0.4, 0.5) is 0 Å². The first-order valence-corrected chi connectivity index (χ1v) is 5.14. The summed E-state index contributed by atoms with van der Waals surface area (Å²) in [5.74, 6) is -0.959. The summed E-state index contributed by atoms with van der Waals surface area (Å²) in [4.78, 5) is 10.9. The molecule has 1 fully saturated rings. The summed E-state index contributed by atoms with van der Waals surface area (Å²) in [6.45, 7) is 2.59. The van der Waals surface area contributed by atoms with Crippen LogP contribution in [-0.4, -0.2) is 35.5 Å². The monoisotopic (exact) mass is 222 g/mol. The molecule has 0 spiro atoms. The molecule has 0 amide bonds. The van der Waals surface area contributed by atoms with E-state index in [2.05, 4.69) is 0 Å². The van der Waals surface area contributed by atoms with Crippen molar-refractivity contribution in [3.8, 4) is 0 Å². The van der Waals surface area contributed by atoms with Crippen LogP contribution in [0.1, 0.15) is 22.8 Å². The fourth-order valence-electron chi connectivity index (χ4n) is 1.95. The minimum absolute atomic E-state index is 0.234. The number of rotatable bonds is 2. The maximum atomic E-state index is 10.9. The maximum Gasteiger partial charge on any atom is 0.335 e. The molecule has 1 aromatic rings. The van der Waals surface area contributed by atoms with Gasteiger partial charge in [-0.3, -0.25) is 0 Å². The number of aromatic carboxylic acids is 1. The van der Waals surface area contributed by atoms with Gasteiger partial charge in [0.05, 0.1) is 24.9 Å². The average molecular weight is 222 g/mol. The summed E-state index contributed by atoms with van der Waals surface area (Å²) in [5.41, 5.74) is 0.529. The lowest BCUT2D eigenvalue weighted by molar-refractivity contribution is 0.0696. The Morgan fingerprint density at radius 2 is 2.31 bits per heavy atom. The zero-order valence-corrected chi connectivity index (χ0v) is 9.01. The van der Waals surface area contributed by atoms with E-state index in [0.29, 0.717) is 13.2 Å². The fraction of sp³-hybridized carbons (Fsp3) is 0.417. The van der Waals surface area contributed by atoms with E-state index in [1.165, 1.54) is 6.07 Å². The van der Waals surface area contributed by atoms with Gasteiger partial charge >= 0.3 is 5.97 Å². The normalized spacial score (nSPS) is 29.2. The zero-order valence-electron chi connectivity index (χ0n) is 9.01. The summed E-state index contributed by atoms with van der Waals surface area (Å²) in [7, 11) is 0. The van der Waals surface area contributed by atoms with Crippen LogP contribution >= 0.6 is 0 Å². The van der Waals surface area contributed by atoms with Crippen LogP contribution in [0.25, 0.3) is 0 Å². The van der Waals surface area contributed by atoms with Crippen molar-refractivity contribution < 1.29 is 19.7 Å². The topological polar surface area (TPSA) is 66.8 Å². The average Bonchev–Trinajstić information content (AvgIpc) is 2.61. The highest BCUT2D eigenvalue weighted by Gasteiger charge is 2.40. The molecule has 1 saturated heterocycles. The lowest BCUT2D eigenvalue weighted by Crippen LogP contribution is -2.35. The van der Waals surface area contributed by atoms with Crippen LogP contribution in [0.5, 0.6) is 0 Å². The van der Waals surface area contributed by atoms with E-state index in [0.717, 1.165) is 5.56 Å². The Labute approximate surface area is 93.5 Å². The Hall–Kier alpha value is -1.39. The van der Waals surface area contributed by atoms with Crippen LogP contribution < -0.4 is 0 Å². The first-order chi connectivity index (χ1) is 7.54. The molecular weight excluding hydrogens is 208 g/mol. The number of hydrogen-bond donors (Lipinski definition) is 2. The molecule has 1 aliphatic heterocycles. The Balaban J connectivity index is 2.40. The molecular formula is C12H14O4. The molecule has 1 heterocycles. The molecule has 2 unspecified atom stereocenters. The quantitative estimate of drug-likeness (QED) is 0.784. The Kier molecular flexibility index (Phi) is 2.69. The molecule has 4 nitrogen and oxygen atoms in total. The van der Waals surface area contributed by atoms with Crippen molar-refractivity contribution in [3.63, 3.8) is 0 Å². The molecule has 2 atom stereocenters. The van der Waals surface area contributed by atoms with Crippen molar-refractivity contribution in [1.82, 2.24) is 0 Å². The van der Waals surface area contributed by atoms with Crippen LogP contribution in [0.2, 0.25) is 0 Å². The van der Waals surface area contributed by atoms with Crippen molar-refractivity contribution >= 4 is 5.97 Å². The molecule has 1 aromatic carbocycles. The smallest absolute Gasteiger partial charge is 0.335 e. The Bertz CT molecular complexity index is 415. The van der Waals surface area contributed by atoms with E-state index < -0.39 is 17.5 Å². The maximum absolute atomic E-state index is 10.9. The van der Waals surface area contributed by atoms with Gasteiger partial charge in [-0.25, -0.2) is 4.79 Å². The number of carboxylic acid groups (broad SMARTS) is 1. The lowest BCUT2D eigenvalue weighted by atomic mass is 9.79. The molecule has 2 N–H and O–H groups in total. The molecule has 2 rings (SSSR count). The second kappa shape index (κ2) is 3.88. The molecule has 0 radical (unpaired) electrons. The van der Waals surface area contributed by atoms with Crippen LogP contribution in [-0.2, 0) is 10.2 Å². The predicted molar refractivity (Wildman–Crippen MR) is 57.6 cm³/mol. The standard InChI is InChI=1S/C12H14O4/c1-12(7-16-6-10(12)13)9-4-2-3-8(5-9)11(14)15/h2-5,10,13H,6-7H2,1H3,(H,14,15). The largest absolute Gasteiger partial charge is 0.478 e. The molecule has 1 aliphatic rings. The van der Waals surface area contributed by atoms with Gasteiger partial charge in [-0.1, -0.05) is 19.1 Å². The van der Waals surface area contributed by atoms with Gasteiger partial charge in [0.2, 0.25) is 0 Å². The number of carbonyl (C=O) groups is 1. The third-order valence-corrected chi connectivity index (χ3v) is 3.18. The van der Waals surface area contributed by atoms with Gasteiger partial charge < -0.3 is 14.9 Å². The third kappa shape index (κ3) is 1.70. The molecule has 0 aromatic heterocycles. The Morgan fingerprint density at radius 1 is 1.56 bits per heavy atom. The summed E-state index contributed by atoms with van der Waals surface area (Å²) in [6, 6.07) is 6.65. The first kappa shape index (κ1) is 11.1. The van der Waals surface area contributed by atoms with Crippen molar-refractivity contribution in [1.29, 1.82) is 0 Å². The number of aliphatic hydroxyl groups excluding tert-OH is 1. The fourth-order valence-corrected chi connectivity index (χ4v) is 1.95. The van der Waals surface area contributed by atoms with Crippen molar-refractivity contribution in [3.05, 3.63) is 35.4 Å². The van der Waals surface area contributed by atoms with E-state index >= 15 is 0 Å². The van der Waals surface area contributed by atoms with E-state index in [9.17, 15) is 9.90 Å². The molecule has 0 aliphatic carbocycles. The Morgan fingerprint density at radius 3 is 2.88 bits per heavy atom. The van der Waals surface area contributed by atoms with E-state index in [-0.39, 0.29) is 5.56 Å². The van der Waals surface area contributed by atoms with Gasteiger partial charge in [0.1, 0.15) is 0 Å². The summed E-state index contributed by atoms with van der Waals surface area (Å²) >= 11 is 0. The van der Waals surface area contributed by atoms with Gasteiger partial charge in [0.15, 0.2) is 0 Å². The van der Waals surface area contributed by atoms with Gasteiger partial charge in [-0.15, -0.1) is 0 Å². The third-order valence-electron chi connectivity index (χ3n) is 3.18. The minimum Gasteiger partial charge on any atom is -0.478 e. The highest BCUT2D eigenvalue weighted by molar-refractivity contribution is 5.87. The number of aliphatic hydroxyl groups is 1. The van der Waals surface area contributed by atoms with Crippen molar-refractivity contribution in [2.45, 2.75) is 18.4 Å². The second-order valence-electron chi connectivity index (χ2n) is 4.33. The number of ether oxygens (including phenoxy) is 1. The van der Waals surface area contributed by atoms with E-state index in [1.54, 1.807) is 12.1 Å². The molecule has 0 saturated carbocycles. The molecule has 0 bridgehead atoms. The van der Waals surface area contributed by atoms with Gasteiger partial charge in [-0.05, 0) is 17.7 Å². The van der Waals surface area contributed by atoms with Crippen LogP contribution in [0, 0.1) is 0 Å². The number of benzene rings is 1. The summed E-state index contributed by atoms with van der Waals surface area (Å²) < 4.78 is 5.23. The lowest BCUT2D eigenvalue weighted by Gasteiger charge is -2.26. The summed E-state index contributed by atoms with van der Waals surface area (Å²) in [5, 5.41) is 18.8. The van der Waals surface area contributed by atoms with Gasteiger partial charge in [0, 0.05) is 5.41 Å².